The minimum absolute atomic E-state index is 0. The van der Waals surface area contributed by atoms with Crippen LogP contribution in [0.15, 0.2) is 54.9 Å². The van der Waals surface area contributed by atoms with Crippen molar-refractivity contribution >= 4 is 30.8 Å². The number of piperazine rings is 1. The van der Waals surface area contributed by atoms with E-state index in [0.29, 0.717) is 18.8 Å². The van der Waals surface area contributed by atoms with E-state index in [0.717, 1.165) is 18.7 Å². The first-order valence-corrected chi connectivity index (χ1v) is 7.71. The molecule has 0 spiro atoms. The van der Waals surface area contributed by atoms with Crippen molar-refractivity contribution in [1.29, 1.82) is 0 Å². The third-order valence-corrected chi connectivity index (χ3v) is 3.65. The van der Waals surface area contributed by atoms with E-state index in [2.05, 4.69) is 15.6 Å². The first-order chi connectivity index (χ1) is 11.3. The van der Waals surface area contributed by atoms with Gasteiger partial charge in [-0.05, 0) is 12.1 Å². The minimum atomic E-state index is -0.553. The summed E-state index contributed by atoms with van der Waals surface area (Å²) in [6.45, 7) is 3.01. The van der Waals surface area contributed by atoms with Crippen LogP contribution in [0, 0.1) is 0 Å². The van der Waals surface area contributed by atoms with Crippen molar-refractivity contribution in [3.63, 3.8) is 0 Å². The van der Waals surface area contributed by atoms with Crippen LogP contribution >= 0.6 is 24.8 Å². The third-order valence-electron chi connectivity index (χ3n) is 3.65. The average molecular weight is 385 g/mol. The van der Waals surface area contributed by atoms with Gasteiger partial charge in [0.2, 0.25) is 0 Å². The Morgan fingerprint density at radius 1 is 1.12 bits per heavy atom. The number of amides is 2. The van der Waals surface area contributed by atoms with Crippen LogP contribution in [0.2, 0.25) is 0 Å². The summed E-state index contributed by atoms with van der Waals surface area (Å²) in [6, 6.07) is 13.1. The lowest BCUT2D eigenvalue weighted by atomic mass is 10.2. The van der Waals surface area contributed by atoms with E-state index in [1.165, 1.54) is 0 Å². The van der Waals surface area contributed by atoms with Gasteiger partial charge in [0.15, 0.2) is 6.23 Å². The van der Waals surface area contributed by atoms with Crippen LogP contribution in [0.5, 0.6) is 5.75 Å². The lowest BCUT2D eigenvalue weighted by Crippen LogP contribution is -2.51. The topological polar surface area (TPSA) is 66.5 Å². The fourth-order valence-corrected chi connectivity index (χ4v) is 2.43. The third kappa shape index (κ3) is 6.08. The Kier molecular flexibility index (Phi) is 9.05. The highest BCUT2D eigenvalue weighted by molar-refractivity contribution is 5.85. The quantitative estimate of drug-likeness (QED) is 0.795. The number of carbonyl (C=O) groups is 1. The highest BCUT2D eigenvalue weighted by Gasteiger charge is 2.21. The highest BCUT2D eigenvalue weighted by Crippen LogP contribution is 2.19. The Bertz CT molecular complexity index is 625. The Balaban J connectivity index is 0.00000156. The summed E-state index contributed by atoms with van der Waals surface area (Å²) < 4.78 is 5.93. The zero-order valence-electron chi connectivity index (χ0n) is 13.6. The van der Waals surface area contributed by atoms with E-state index in [4.69, 9.17) is 4.74 Å². The number of rotatable bonds is 4. The van der Waals surface area contributed by atoms with Crippen molar-refractivity contribution in [3.05, 3.63) is 60.4 Å². The lowest BCUT2D eigenvalue weighted by Gasteiger charge is -2.30. The van der Waals surface area contributed by atoms with Crippen LogP contribution in [0.3, 0.4) is 0 Å². The molecule has 0 radical (unpaired) electrons. The van der Waals surface area contributed by atoms with Gasteiger partial charge in [0.1, 0.15) is 5.75 Å². The van der Waals surface area contributed by atoms with Gasteiger partial charge < -0.3 is 15.0 Å². The molecule has 136 valence electrons. The summed E-state index contributed by atoms with van der Waals surface area (Å²) in [4.78, 5) is 18.3. The second-order valence-electron chi connectivity index (χ2n) is 5.28. The van der Waals surface area contributed by atoms with Crippen LogP contribution in [0.25, 0.3) is 0 Å². The van der Waals surface area contributed by atoms with Gasteiger partial charge in [-0.25, -0.2) is 4.79 Å². The zero-order chi connectivity index (χ0) is 15.9. The van der Waals surface area contributed by atoms with E-state index in [-0.39, 0.29) is 30.8 Å². The molecule has 0 saturated carbocycles. The van der Waals surface area contributed by atoms with Crippen LogP contribution in [-0.2, 0) is 0 Å². The molecule has 1 unspecified atom stereocenters. The fraction of sp³-hybridized carbons (Fsp3) is 0.294. The molecule has 1 aliphatic rings. The van der Waals surface area contributed by atoms with Gasteiger partial charge in [-0.15, -0.1) is 24.8 Å². The first kappa shape index (κ1) is 21.0. The molecule has 8 heteroatoms. The zero-order valence-corrected chi connectivity index (χ0v) is 15.3. The van der Waals surface area contributed by atoms with Crippen LogP contribution < -0.4 is 15.4 Å². The second kappa shape index (κ2) is 10.8. The number of carbonyl (C=O) groups excluding carboxylic acids is 1. The number of nitrogens with zero attached hydrogens (tertiary/aromatic N) is 2. The van der Waals surface area contributed by atoms with E-state index in [1.54, 1.807) is 23.4 Å². The van der Waals surface area contributed by atoms with Crippen molar-refractivity contribution in [1.82, 2.24) is 20.5 Å². The minimum Gasteiger partial charge on any atom is -0.465 e. The smallest absolute Gasteiger partial charge is 0.320 e. The summed E-state index contributed by atoms with van der Waals surface area (Å²) >= 11 is 0. The molecule has 2 amide bonds. The summed E-state index contributed by atoms with van der Waals surface area (Å²) in [5.74, 6) is 0.613. The summed E-state index contributed by atoms with van der Waals surface area (Å²) in [7, 11) is 0. The second-order valence-corrected chi connectivity index (χ2v) is 5.28. The van der Waals surface area contributed by atoms with Gasteiger partial charge in [0, 0.05) is 37.9 Å². The fourth-order valence-electron chi connectivity index (χ4n) is 2.43. The monoisotopic (exact) mass is 384 g/mol. The van der Waals surface area contributed by atoms with E-state index >= 15 is 0 Å². The molecule has 3 rings (SSSR count). The maximum Gasteiger partial charge on any atom is 0.320 e. The normalized spacial score (nSPS) is 14.5. The van der Waals surface area contributed by atoms with Gasteiger partial charge >= 0.3 is 6.03 Å². The number of nitrogens with one attached hydrogen (secondary N) is 2. The number of hydrogen-bond donors (Lipinski definition) is 2. The molecule has 6 nitrogen and oxygen atoms in total. The molecule has 1 aromatic heterocycles. The van der Waals surface area contributed by atoms with Crippen molar-refractivity contribution in [2.45, 2.75) is 6.23 Å². The summed E-state index contributed by atoms with van der Waals surface area (Å²) in [5.41, 5.74) is 0.889. The van der Waals surface area contributed by atoms with Crippen molar-refractivity contribution in [2.24, 2.45) is 0 Å². The predicted molar refractivity (Wildman–Crippen MR) is 102 cm³/mol. The van der Waals surface area contributed by atoms with E-state index in [9.17, 15) is 4.79 Å². The van der Waals surface area contributed by atoms with E-state index in [1.807, 2.05) is 36.4 Å². The Labute approximate surface area is 159 Å². The van der Waals surface area contributed by atoms with Gasteiger partial charge in [-0.2, -0.15) is 0 Å². The Morgan fingerprint density at radius 2 is 1.84 bits per heavy atom. The molecule has 1 aromatic carbocycles. The van der Waals surface area contributed by atoms with Crippen molar-refractivity contribution in [3.8, 4) is 5.75 Å². The Morgan fingerprint density at radius 3 is 2.48 bits per heavy atom. The Hall–Kier alpha value is -2.02. The number of pyridine rings is 1. The lowest BCUT2D eigenvalue weighted by molar-refractivity contribution is 0.140. The van der Waals surface area contributed by atoms with Gasteiger partial charge in [-0.1, -0.05) is 30.3 Å². The number of aromatic nitrogens is 1. The SMILES string of the molecule is Cl.Cl.O=C(NC(Oc1cccnc1)c1ccccc1)N1CCNCC1. The highest BCUT2D eigenvalue weighted by atomic mass is 35.5. The van der Waals surface area contributed by atoms with Crippen molar-refractivity contribution < 1.29 is 9.53 Å². The molecule has 2 N–H and O–H groups in total. The number of urea groups is 1. The number of hydrogen-bond acceptors (Lipinski definition) is 4. The number of ether oxygens (including phenoxy) is 1. The molecule has 1 saturated heterocycles. The first-order valence-electron chi connectivity index (χ1n) is 7.71. The predicted octanol–water partition coefficient (Wildman–Crippen LogP) is 2.62. The molecule has 1 fully saturated rings. The van der Waals surface area contributed by atoms with Gasteiger partial charge in [-0.3, -0.25) is 10.3 Å². The maximum absolute atomic E-state index is 12.5. The number of halogens is 2. The molecule has 25 heavy (non-hydrogen) atoms. The van der Waals surface area contributed by atoms with Crippen LogP contribution in [0.1, 0.15) is 11.8 Å². The molecular formula is C17H22Cl2N4O2. The van der Waals surface area contributed by atoms with Crippen LogP contribution in [0.4, 0.5) is 4.79 Å². The van der Waals surface area contributed by atoms with Gasteiger partial charge in [0.25, 0.3) is 0 Å². The molecule has 2 aromatic rings. The summed E-state index contributed by atoms with van der Waals surface area (Å²) in [6.07, 6.45) is 2.76. The average Bonchev–Trinajstić information content (AvgIpc) is 2.63. The van der Waals surface area contributed by atoms with Crippen LogP contribution in [-0.4, -0.2) is 42.1 Å². The summed E-state index contributed by atoms with van der Waals surface area (Å²) in [5, 5.41) is 6.19. The molecular weight excluding hydrogens is 363 g/mol. The molecule has 2 heterocycles. The molecule has 0 aliphatic carbocycles. The maximum atomic E-state index is 12.5. The van der Waals surface area contributed by atoms with Gasteiger partial charge in [0.05, 0.1) is 6.20 Å². The molecule has 0 bridgehead atoms. The van der Waals surface area contributed by atoms with Crippen molar-refractivity contribution in [2.75, 3.05) is 26.2 Å². The molecule has 1 aliphatic heterocycles. The largest absolute Gasteiger partial charge is 0.465 e. The van der Waals surface area contributed by atoms with E-state index < -0.39 is 6.23 Å². The molecule has 1 atom stereocenters. The standard InChI is InChI=1S/C17H20N4O2.2ClH/c22-17(21-11-9-18-10-12-21)20-16(14-5-2-1-3-6-14)23-15-7-4-8-19-13-15;;/h1-8,13,16,18H,9-12H2,(H,20,22);2*1H. The number of benzene rings is 1.